The topological polar surface area (TPSA) is 44.4 Å². The zero-order chi connectivity index (χ0) is 21.5. The van der Waals surface area contributed by atoms with Crippen LogP contribution < -0.4 is 14.3 Å². The van der Waals surface area contributed by atoms with E-state index in [9.17, 15) is 4.57 Å². The molecule has 0 heterocycles. The Hall–Kier alpha value is -0.480. The van der Waals surface area contributed by atoms with Gasteiger partial charge in [-0.1, -0.05) is 89.8 Å². The molecule has 0 aromatic heterocycles. The molecule has 0 aliphatic heterocycles. The number of unbranched alkanes of at least 4 members (excludes halogenated alkanes) is 6. The third-order valence-corrected chi connectivity index (χ3v) is 9.95. The maximum absolute atomic E-state index is 14.3. The summed E-state index contributed by atoms with van der Waals surface area (Å²) in [5.74, 6) is 0. The predicted molar refractivity (Wildman–Crippen MR) is 135 cm³/mol. The number of para-hydroxylation sites is 1. The van der Waals surface area contributed by atoms with Gasteiger partial charge in [0.15, 0.2) is 0 Å². The molecule has 1 aromatic carbocycles. The third kappa shape index (κ3) is 9.34. The van der Waals surface area contributed by atoms with Crippen molar-refractivity contribution in [2.75, 3.05) is 17.2 Å². The largest absolute Gasteiger partial charge is 0.315 e. The van der Waals surface area contributed by atoms with Crippen LogP contribution in [0.3, 0.4) is 0 Å². The molecule has 0 spiro atoms. The lowest BCUT2D eigenvalue weighted by atomic mass is 10.0. The summed E-state index contributed by atoms with van der Waals surface area (Å²) >= 11 is 1.81. The Balaban J connectivity index is 2.12. The fourth-order valence-electron chi connectivity index (χ4n) is 3.91. The quantitative estimate of drug-likeness (QED) is 0.151. The Labute approximate surface area is 190 Å². The van der Waals surface area contributed by atoms with Crippen LogP contribution in [0.5, 0.6) is 0 Å². The summed E-state index contributed by atoms with van der Waals surface area (Å²) in [6, 6.07) is 10.3. The van der Waals surface area contributed by atoms with E-state index in [1.807, 2.05) is 18.0 Å². The molecule has 4 nitrogen and oxygen atoms in total. The molecular formula is C24H44N3OPS. The molecule has 6 heteroatoms. The smallest absolute Gasteiger partial charge is 0.263 e. The Bertz CT molecular complexity index is 577. The maximum atomic E-state index is 14.3. The SMILES string of the molecule is CCCCCCNP(=O)(NCCCCCC)N(SC1CCCCC1)c1ccccc1. The van der Waals surface area contributed by atoms with Gasteiger partial charge in [-0.2, -0.15) is 0 Å². The van der Waals surface area contributed by atoms with Crippen molar-refractivity contribution in [1.29, 1.82) is 0 Å². The van der Waals surface area contributed by atoms with Crippen LogP contribution in [-0.4, -0.2) is 18.3 Å². The van der Waals surface area contributed by atoms with Crippen LogP contribution >= 0.6 is 19.5 Å². The molecule has 0 amide bonds. The van der Waals surface area contributed by atoms with Crippen LogP contribution in [0.1, 0.15) is 97.3 Å². The Kier molecular flexibility index (Phi) is 13.2. The van der Waals surface area contributed by atoms with Gasteiger partial charge in [-0.05, 0) is 49.8 Å². The van der Waals surface area contributed by atoms with Gasteiger partial charge in [-0.25, -0.2) is 14.3 Å². The first-order valence-electron chi connectivity index (χ1n) is 12.3. The molecule has 2 N–H and O–H groups in total. The molecule has 30 heavy (non-hydrogen) atoms. The van der Waals surface area contributed by atoms with Gasteiger partial charge in [0.2, 0.25) is 0 Å². The minimum Gasteiger partial charge on any atom is -0.263 e. The molecule has 0 radical (unpaired) electrons. The number of benzene rings is 1. The van der Waals surface area contributed by atoms with Crippen molar-refractivity contribution in [2.45, 2.75) is 103 Å². The molecule has 0 saturated heterocycles. The second-order valence-corrected chi connectivity index (χ2v) is 12.2. The highest BCUT2D eigenvalue weighted by Crippen LogP contribution is 2.51. The number of hydrogen-bond donors (Lipinski definition) is 2. The fourth-order valence-corrected chi connectivity index (χ4v) is 8.00. The summed E-state index contributed by atoms with van der Waals surface area (Å²) in [4.78, 5) is 0. The van der Waals surface area contributed by atoms with Crippen molar-refractivity contribution in [1.82, 2.24) is 10.2 Å². The molecule has 0 atom stereocenters. The molecule has 1 saturated carbocycles. The lowest BCUT2D eigenvalue weighted by Crippen LogP contribution is -2.35. The van der Waals surface area contributed by atoms with Crippen molar-refractivity contribution >= 4 is 25.2 Å². The lowest BCUT2D eigenvalue weighted by Gasteiger charge is -2.36. The van der Waals surface area contributed by atoms with Crippen molar-refractivity contribution in [2.24, 2.45) is 0 Å². The summed E-state index contributed by atoms with van der Waals surface area (Å²) in [7, 11) is -2.92. The average Bonchev–Trinajstić information content (AvgIpc) is 2.78. The summed E-state index contributed by atoms with van der Waals surface area (Å²) in [5, 5.41) is 7.52. The van der Waals surface area contributed by atoms with Crippen LogP contribution in [0.15, 0.2) is 30.3 Å². The molecule has 1 aliphatic carbocycles. The van der Waals surface area contributed by atoms with Crippen LogP contribution in [0.4, 0.5) is 5.69 Å². The molecule has 0 bridgehead atoms. The van der Waals surface area contributed by atoms with Crippen molar-refractivity contribution in [3.05, 3.63) is 30.3 Å². The zero-order valence-corrected chi connectivity index (χ0v) is 21.0. The van der Waals surface area contributed by atoms with Crippen molar-refractivity contribution in [3.8, 4) is 0 Å². The van der Waals surface area contributed by atoms with E-state index in [4.69, 9.17) is 0 Å². The van der Waals surface area contributed by atoms with Crippen LogP contribution in [0.25, 0.3) is 0 Å². The van der Waals surface area contributed by atoms with E-state index in [1.165, 1.54) is 70.6 Å². The molecule has 172 valence electrons. The van der Waals surface area contributed by atoms with Gasteiger partial charge in [0.1, 0.15) is 0 Å². The molecule has 1 aliphatic rings. The first kappa shape index (κ1) is 25.8. The van der Waals surface area contributed by atoms with Crippen LogP contribution in [0, 0.1) is 0 Å². The summed E-state index contributed by atoms with van der Waals surface area (Å²) in [6.07, 6.45) is 15.8. The second-order valence-electron chi connectivity index (χ2n) is 8.49. The first-order chi connectivity index (χ1) is 14.7. The van der Waals surface area contributed by atoms with Gasteiger partial charge >= 0.3 is 7.59 Å². The monoisotopic (exact) mass is 453 g/mol. The van der Waals surface area contributed by atoms with Crippen LogP contribution in [0.2, 0.25) is 0 Å². The minimum atomic E-state index is -2.92. The van der Waals surface area contributed by atoms with E-state index in [1.54, 1.807) is 0 Å². The predicted octanol–water partition coefficient (Wildman–Crippen LogP) is 7.92. The van der Waals surface area contributed by atoms with Crippen LogP contribution in [-0.2, 0) is 4.57 Å². The second kappa shape index (κ2) is 15.3. The van der Waals surface area contributed by atoms with Gasteiger partial charge in [0, 0.05) is 18.3 Å². The lowest BCUT2D eigenvalue weighted by molar-refractivity contribution is 0.515. The highest BCUT2D eigenvalue weighted by molar-refractivity contribution is 8.07. The van der Waals surface area contributed by atoms with E-state index < -0.39 is 7.59 Å². The normalized spacial score (nSPS) is 15.4. The van der Waals surface area contributed by atoms with Gasteiger partial charge in [-0.15, -0.1) is 0 Å². The molecule has 1 aromatic rings. The molecule has 1 fully saturated rings. The Morgan fingerprint density at radius 3 is 1.97 bits per heavy atom. The number of nitrogens with zero attached hydrogens (tertiary/aromatic N) is 1. The third-order valence-electron chi connectivity index (χ3n) is 5.75. The van der Waals surface area contributed by atoms with Crippen molar-refractivity contribution < 1.29 is 4.57 Å². The Morgan fingerprint density at radius 2 is 1.43 bits per heavy atom. The van der Waals surface area contributed by atoms with E-state index in [0.29, 0.717) is 5.25 Å². The molecule has 2 rings (SSSR count). The van der Waals surface area contributed by atoms with Gasteiger partial charge in [-0.3, -0.25) is 4.57 Å². The summed E-state index contributed by atoms with van der Waals surface area (Å²) in [5.41, 5.74) is 1.04. The fraction of sp³-hybridized carbons (Fsp3) is 0.750. The van der Waals surface area contributed by atoms with E-state index in [2.05, 4.69) is 52.4 Å². The summed E-state index contributed by atoms with van der Waals surface area (Å²) < 4.78 is 16.4. The molecule has 0 unspecified atom stereocenters. The van der Waals surface area contributed by atoms with Gasteiger partial charge < -0.3 is 0 Å². The van der Waals surface area contributed by atoms with Gasteiger partial charge in [0.05, 0.1) is 5.69 Å². The van der Waals surface area contributed by atoms with Crippen molar-refractivity contribution in [3.63, 3.8) is 0 Å². The number of rotatable bonds is 16. The first-order valence-corrected chi connectivity index (χ1v) is 14.8. The standard InChI is InChI=1S/C24H44N3OPS/c1-3-5-7-15-21-25-29(28,26-22-16-8-6-4-2)27(23-17-11-9-12-18-23)30-24-19-13-10-14-20-24/h9,11-12,17-18,24H,3-8,10,13-16,19-22H2,1-2H3,(H2,25,26,28). The maximum Gasteiger partial charge on any atom is 0.315 e. The number of hydrogen-bond acceptors (Lipinski definition) is 2. The number of anilines is 1. The average molecular weight is 454 g/mol. The minimum absolute atomic E-state index is 0.552. The highest BCUT2D eigenvalue weighted by Gasteiger charge is 2.33. The van der Waals surface area contributed by atoms with E-state index in [-0.39, 0.29) is 0 Å². The molecular weight excluding hydrogens is 409 g/mol. The van der Waals surface area contributed by atoms with Gasteiger partial charge in [0.25, 0.3) is 0 Å². The zero-order valence-electron chi connectivity index (χ0n) is 19.3. The van der Waals surface area contributed by atoms with E-state index in [0.717, 1.165) is 31.6 Å². The van der Waals surface area contributed by atoms with E-state index >= 15 is 0 Å². The number of nitrogens with one attached hydrogen (secondary N) is 2. The Morgan fingerprint density at radius 1 is 0.867 bits per heavy atom. The summed E-state index contributed by atoms with van der Waals surface area (Å²) in [6.45, 7) is 6.06. The highest BCUT2D eigenvalue weighted by atomic mass is 32.2.